The first-order valence-corrected chi connectivity index (χ1v) is 5.68. The molecule has 0 aromatic heterocycles. The van der Waals surface area contributed by atoms with Gasteiger partial charge in [-0.05, 0) is 18.4 Å². The number of carbonyl (C=O) groups excluding carboxylic acids is 1. The summed E-state index contributed by atoms with van der Waals surface area (Å²) in [5, 5.41) is 9.10. The van der Waals surface area contributed by atoms with Gasteiger partial charge in [0.1, 0.15) is 6.04 Å². The van der Waals surface area contributed by atoms with E-state index in [-0.39, 0.29) is 11.9 Å². The van der Waals surface area contributed by atoms with Gasteiger partial charge in [0, 0.05) is 6.92 Å². The summed E-state index contributed by atoms with van der Waals surface area (Å²) in [4.78, 5) is 24.2. The monoisotopic (exact) mass is 233 g/mol. The van der Waals surface area contributed by atoms with Gasteiger partial charge in [0.15, 0.2) is 0 Å². The molecule has 1 aliphatic rings. The van der Waals surface area contributed by atoms with Crippen LogP contribution in [0.1, 0.15) is 31.4 Å². The average molecular weight is 233 g/mol. The first-order valence-electron chi connectivity index (χ1n) is 5.68. The Morgan fingerprint density at radius 2 is 1.88 bits per heavy atom. The van der Waals surface area contributed by atoms with Gasteiger partial charge in [-0.1, -0.05) is 30.3 Å². The Bertz CT molecular complexity index is 430. The molecule has 0 bridgehead atoms. The maximum absolute atomic E-state index is 11.6. The zero-order chi connectivity index (χ0) is 12.4. The molecule has 4 nitrogen and oxygen atoms in total. The number of benzene rings is 1. The number of carbonyl (C=O) groups is 2. The van der Waals surface area contributed by atoms with Gasteiger partial charge in [0.05, 0.1) is 6.04 Å². The zero-order valence-electron chi connectivity index (χ0n) is 9.67. The van der Waals surface area contributed by atoms with E-state index in [4.69, 9.17) is 5.11 Å². The van der Waals surface area contributed by atoms with E-state index in [0.717, 1.165) is 5.56 Å². The van der Waals surface area contributed by atoms with Gasteiger partial charge in [-0.3, -0.25) is 4.79 Å². The molecule has 0 spiro atoms. The maximum Gasteiger partial charge on any atom is 0.326 e. The van der Waals surface area contributed by atoms with Crippen LogP contribution in [0.2, 0.25) is 0 Å². The van der Waals surface area contributed by atoms with Gasteiger partial charge >= 0.3 is 5.97 Å². The van der Waals surface area contributed by atoms with Crippen molar-refractivity contribution in [1.29, 1.82) is 0 Å². The van der Waals surface area contributed by atoms with Crippen LogP contribution in [0.3, 0.4) is 0 Å². The number of carboxylic acids is 1. The van der Waals surface area contributed by atoms with Gasteiger partial charge in [0.25, 0.3) is 0 Å². The number of aliphatic carboxylic acids is 1. The third-order valence-corrected chi connectivity index (χ3v) is 3.22. The number of hydrogen-bond donors (Lipinski definition) is 1. The minimum Gasteiger partial charge on any atom is -0.480 e. The Kier molecular flexibility index (Phi) is 3.13. The van der Waals surface area contributed by atoms with E-state index >= 15 is 0 Å². The van der Waals surface area contributed by atoms with Gasteiger partial charge in [0.2, 0.25) is 5.91 Å². The standard InChI is InChI=1S/C13H15NO3/c1-9(15)14-11(7-8-12(14)13(16)17)10-5-3-2-4-6-10/h2-6,11-12H,7-8H2,1H3,(H,16,17)/t11-,12-/m1/s1. The van der Waals surface area contributed by atoms with Gasteiger partial charge in [-0.2, -0.15) is 0 Å². The van der Waals surface area contributed by atoms with Crippen LogP contribution in [0.4, 0.5) is 0 Å². The van der Waals surface area contributed by atoms with Crippen LogP contribution >= 0.6 is 0 Å². The van der Waals surface area contributed by atoms with Crippen molar-refractivity contribution in [2.24, 2.45) is 0 Å². The van der Waals surface area contributed by atoms with Crippen LogP contribution in [0, 0.1) is 0 Å². The molecule has 2 rings (SSSR count). The fourth-order valence-corrected chi connectivity index (χ4v) is 2.49. The van der Waals surface area contributed by atoms with Crippen LogP contribution in [-0.4, -0.2) is 27.9 Å². The molecule has 1 amide bonds. The molecule has 0 saturated carbocycles. The van der Waals surface area contributed by atoms with Crippen LogP contribution in [0.5, 0.6) is 0 Å². The van der Waals surface area contributed by atoms with Crippen molar-refractivity contribution in [2.75, 3.05) is 0 Å². The number of hydrogen-bond acceptors (Lipinski definition) is 2. The van der Waals surface area contributed by atoms with E-state index in [9.17, 15) is 9.59 Å². The van der Waals surface area contributed by atoms with E-state index in [1.54, 1.807) is 0 Å². The smallest absolute Gasteiger partial charge is 0.326 e. The van der Waals surface area contributed by atoms with Crippen LogP contribution in [0.15, 0.2) is 30.3 Å². The summed E-state index contributed by atoms with van der Waals surface area (Å²) in [6.45, 7) is 1.43. The Morgan fingerprint density at radius 3 is 2.41 bits per heavy atom. The third-order valence-electron chi connectivity index (χ3n) is 3.22. The fraction of sp³-hybridized carbons (Fsp3) is 0.385. The number of rotatable bonds is 2. The highest BCUT2D eigenvalue weighted by Crippen LogP contribution is 2.36. The highest BCUT2D eigenvalue weighted by molar-refractivity contribution is 5.83. The van der Waals surface area contributed by atoms with Crippen LogP contribution in [0.25, 0.3) is 0 Å². The van der Waals surface area contributed by atoms with Crippen LogP contribution in [-0.2, 0) is 9.59 Å². The van der Waals surface area contributed by atoms with E-state index < -0.39 is 12.0 Å². The number of nitrogens with zero attached hydrogens (tertiary/aromatic N) is 1. The first-order chi connectivity index (χ1) is 8.11. The van der Waals surface area contributed by atoms with Crippen molar-refractivity contribution >= 4 is 11.9 Å². The summed E-state index contributed by atoms with van der Waals surface area (Å²) in [7, 11) is 0. The SMILES string of the molecule is CC(=O)N1[C@@H](C(=O)O)CC[C@@H]1c1ccccc1. The predicted octanol–water partition coefficient (Wildman–Crippen LogP) is 1.82. The van der Waals surface area contributed by atoms with Crippen molar-refractivity contribution in [3.8, 4) is 0 Å². The minimum absolute atomic E-state index is 0.102. The molecule has 1 saturated heterocycles. The number of amides is 1. The molecule has 0 radical (unpaired) electrons. The molecular formula is C13H15NO3. The van der Waals surface area contributed by atoms with Crippen molar-refractivity contribution < 1.29 is 14.7 Å². The van der Waals surface area contributed by atoms with E-state index in [2.05, 4.69) is 0 Å². The summed E-state index contributed by atoms with van der Waals surface area (Å²) in [6.07, 6.45) is 1.23. The second kappa shape index (κ2) is 4.57. The molecule has 1 aliphatic heterocycles. The third kappa shape index (κ3) is 2.16. The Balaban J connectivity index is 2.30. The van der Waals surface area contributed by atoms with Crippen molar-refractivity contribution in [3.63, 3.8) is 0 Å². The molecule has 17 heavy (non-hydrogen) atoms. The number of likely N-dealkylation sites (tertiary alicyclic amines) is 1. The molecule has 4 heteroatoms. The summed E-state index contributed by atoms with van der Waals surface area (Å²) < 4.78 is 0. The molecule has 1 aromatic rings. The van der Waals surface area contributed by atoms with Crippen molar-refractivity contribution in [3.05, 3.63) is 35.9 Å². The normalized spacial score (nSPS) is 23.7. The molecule has 1 aromatic carbocycles. The Morgan fingerprint density at radius 1 is 1.24 bits per heavy atom. The van der Waals surface area contributed by atoms with E-state index in [1.807, 2.05) is 30.3 Å². The molecule has 2 atom stereocenters. The summed E-state index contributed by atoms with van der Waals surface area (Å²) in [5.74, 6) is -1.10. The lowest BCUT2D eigenvalue weighted by Crippen LogP contribution is -2.40. The highest BCUT2D eigenvalue weighted by atomic mass is 16.4. The molecule has 90 valence electrons. The Labute approximate surface area is 99.9 Å². The lowest BCUT2D eigenvalue weighted by Gasteiger charge is -2.27. The molecule has 1 N–H and O–H groups in total. The van der Waals surface area contributed by atoms with Gasteiger partial charge in [-0.15, -0.1) is 0 Å². The molecule has 1 fully saturated rings. The van der Waals surface area contributed by atoms with E-state index in [1.165, 1.54) is 11.8 Å². The first kappa shape index (κ1) is 11.6. The lowest BCUT2D eigenvalue weighted by atomic mass is 10.0. The highest BCUT2D eigenvalue weighted by Gasteiger charge is 2.39. The van der Waals surface area contributed by atoms with Crippen LogP contribution < -0.4 is 0 Å². The van der Waals surface area contributed by atoms with Gasteiger partial charge in [-0.25, -0.2) is 4.79 Å². The lowest BCUT2D eigenvalue weighted by molar-refractivity contribution is -0.148. The maximum atomic E-state index is 11.6. The number of carboxylic acid groups (broad SMARTS) is 1. The van der Waals surface area contributed by atoms with Crippen molar-refractivity contribution in [2.45, 2.75) is 31.8 Å². The minimum atomic E-state index is -0.918. The second-order valence-electron chi connectivity index (χ2n) is 4.28. The summed E-state index contributed by atoms with van der Waals surface area (Å²) in [5.41, 5.74) is 1.01. The Hall–Kier alpha value is -1.84. The van der Waals surface area contributed by atoms with Crippen molar-refractivity contribution in [1.82, 2.24) is 4.90 Å². The molecule has 1 heterocycles. The summed E-state index contributed by atoms with van der Waals surface area (Å²) >= 11 is 0. The largest absolute Gasteiger partial charge is 0.480 e. The molecular weight excluding hydrogens is 218 g/mol. The average Bonchev–Trinajstić information content (AvgIpc) is 2.74. The quantitative estimate of drug-likeness (QED) is 0.847. The van der Waals surface area contributed by atoms with Gasteiger partial charge < -0.3 is 10.0 Å². The van der Waals surface area contributed by atoms with E-state index in [0.29, 0.717) is 12.8 Å². The fourth-order valence-electron chi connectivity index (χ4n) is 2.49. The summed E-state index contributed by atoms with van der Waals surface area (Å²) in [6, 6.07) is 8.80. The zero-order valence-corrected chi connectivity index (χ0v) is 9.67. The molecule has 0 unspecified atom stereocenters. The molecule has 0 aliphatic carbocycles. The topological polar surface area (TPSA) is 57.6 Å². The predicted molar refractivity (Wildman–Crippen MR) is 62.4 cm³/mol. The second-order valence-corrected chi connectivity index (χ2v) is 4.28.